The van der Waals surface area contributed by atoms with Gasteiger partial charge in [-0.1, -0.05) is 12.1 Å². The zero-order chi connectivity index (χ0) is 19.7. The lowest BCUT2D eigenvalue weighted by molar-refractivity contribution is -0.0366. The van der Waals surface area contributed by atoms with Crippen molar-refractivity contribution in [3.05, 3.63) is 23.8 Å². The number of benzene rings is 1. The molecule has 1 aromatic rings. The van der Waals surface area contributed by atoms with Gasteiger partial charge in [0.1, 0.15) is 5.75 Å². The average Bonchev–Trinajstić information content (AvgIpc) is 2.87. The highest BCUT2D eigenvalue weighted by Crippen LogP contribution is 2.36. The molecule has 2 unspecified atom stereocenters. The Morgan fingerprint density at radius 1 is 1.04 bits per heavy atom. The van der Waals surface area contributed by atoms with E-state index in [1.807, 2.05) is 12.1 Å². The topological polar surface area (TPSA) is 46.2 Å². The van der Waals surface area contributed by atoms with Crippen molar-refractivity contribution in [1.82, 2.24) is 0 Å². The second kappa shape index (κ2) is 8.12. The van der Waals surface area contributed by atoms with Crippen LogP contribution in [0.2, 0.25) is 0 Å². The summed E-state index contributed by atoms with van der Waals surface area (Å²) in [5, 5.41) is 0. The van der Waals surface area contributed by atoms with Crippen LogP contribution in [-0.2, 0) is 25.4 Å². The molecule has 0 amide bonds. The van der Waals surface area contributed by atoms with Gasteiger partial charge in [0.2, 0.25) is 0 Å². The van der Waals surface area contributed by atoms with Crippen molar-refractivity contribution >= 4 is 12.6 Å². The minimum absolute atomic E-state index is 0.230. The summed E-state index contributed by atoms with van der Waals surface area (Å²) in [4.78, 5) is 0. The Kier molecular flexibility index (Phi) is 6.21. The molecule has 5 nitrogen and oxygen atoms in total. The van der Waals surface area contributed by atoms with E-state index >= 15 is 0 Å². The quantitative estimate of drug-likeness (QED) is 0.712. The Morgan fingerprint density at radius 2 is 1.70 bits per heavy atom. The number of hydrogen-bond acceptors (Lipinski definition) is 5. The molecule has 0 bridgehead atoms. The maximum Gasteiger partial charge on any atom is 0.494 e. The van der Waals surface area contributed by atoms with E-state index in [1.54, 1.807) is 14.2 Å². The largest absolute Gasteiger partial charge is 0.496 e. The third-order valence-corrected chi connectivity index (χ3v) is 6.22. The molecule has 6 heteroatoms. The molecule has 1 aliphatic carbocycles. The lowest BCUT2D eigenvalue weighted by Gasteiger charge is -2.32. The van der Waals surface area contributed by atoms with E-state index in [-0.39, 0.29) is 24.4 Å². The molecule has 0 aromatic heterocycles. The van der Waals surface area contributed by atoms with Gasteiger partial charge in [-0.15, -0.1) is 0 Å². The van der Waals surface area contributed by atoms with Crippen LogP contribution in [0.15, 0.2) is 18.2 Å². The Morgan fingerprint density at radius 3 is 2.33 bits per heavy atom. The van der Waals surface area contributed by atoms with Crippen molar-refractivity contribution < 1.29 is 23.5 Å². The molecule has 0 spiro atoms. The zero-order valence-corrected chi connectivity index (χ0v) is 17.5. The number of rotatable bonds is 6. The molecule has 150 valence electrons. The minimum atomic E-state index is -0.382. The molecule has 0 radical (unpaired) electrons. The molecule has 2 aliphatic rings. The van der Waals surface area contributed by atoms with Crippen molar-refractivity contribution in [2.45, 2.75) is 83.4 Å². The van der Waals surface area contributed by atoms with Gasteiger partial charge < -0.3 is 23.5 Å². The molecule has 27 heavy (non-hydrogen) atoms. The fraction of sp³-hybridized carbons (Fsp3) is 0.714. The predicted molar refractivity (Wildman–Crippen MR) is 107 cm³/mol. The molecule has 1 saturated carbocycles. The Balaban J connectivity index is 1.71. The summed E-state index contributed by atoms with van der Waals surface area (Å²) in [7, 11) is 3.09. The van der Waals surface area contributed by atoms with Crippen LogP contribution < -0.4 is 10.2 Å². The fourth-order valence-electron chi connectivity index (χ4n) is 3.71. The molecule has 3 rings (SSSR count). The van der Waals surface area contributed by atoms with Crippen LogP contribution in [0.25, 0.3) is 0 Å². The summed E-state index contributed by atoms with van der Waals surface area (Å²) in [6.45, 7) is 8.77. The molecular formula is C21H33BO5. The van der Waals surface area contributed by atoms with Crippen LogP contribution >= 0.6 is 0 Å². The standard InChI is InChI=1S/C21H33BO5/c1-20(2)21(3,4)27-22(26-20)16-10-11-19(24-6)15(12-16)14-25-18-9-7-8-17(13-18)23-5/h10-12,17-18H,7-9,13-14H2,1-6H3. The fourth-order valence-corrected chi connectivity index (χ4v) is 3.71. The first kappa shape index (κ1) is 20.7. The van der Waals surface area contributed by atoms with Crippen LogP contribution in [0.5, 0.6) is 5.75 Å². The Hall–Kier alpha value is -1.08. The molecule has 2 fully saturated rings. The summed E-state index contributed by atoms with van der Waals surface area (Å²) in [6, 6.07) is 6.06. The van der Waals surface area contributed by atoms with Gasteiger partial charge in [-0.3, -0.25) is 0 Å². The first-order valence-corrected chi connectivity index (χ1v) is 9.92. The van der Waals surface area contributed by atoms with Gasteiger partial charge in [-0.05, 0) is 64.9 Å². The van der Waals surface area contributed by atoms with Crippen LogP contribution in [-0.4, -0.2) is 44.7 Å². The predicted octanol–water partition coefficient (Wildman–Crippen LogP) is 3.47. The van der Waals surface area contributed by atoms with Gasteiger partial charge >= 0.3 is 7.12 Å². The van der Waals surface area contributed by atoms with E-state index in [4.69, 9.17) is 23.5 Å². The molecule has 1 heterocycles. The van der Waals surface area contributed by atoms with Crippen molar-refractivity contribution in [2.75, 3.05) is 14.2 Å². The van der Waals surface area contributed by atoms with E-state index in [0.717, 1.165) is 42.5 Å². The van der Waals surface area contributed by atoms with Crippen LogP contribution in [0, 0.1) is 0 Å². The van der Waals surface area contributed by atoms with Crippen LogP contribution in [0.3, 0.4) is 0 Å². The van der Waals surface area contributed by atoms with Gasteiger partial charge in [0.25, 0.3) is 0 Å². The highest BCUT2D eigenvalue weighted by molar-refractivity contribution is 6.62. The second-order valence-corrected chi connectivity index (χ2v) is 8.62. The van der Waals surface area contributed by atoms with E-state index < -0.39 is 0 Å². The number of hydrogen-bond donors (Lipinski definition) is 0. The maximum absolute atomic E-state index is 6.20. The minimum Gasteiger partial charge on any atom is -0.496 e. The van der Waals surface area contributed by atoms with E-state index in [2.05, 4.69) is 33.8 Å². The summed E-state index contributed by atoms with van der Waals surface area (Å²) >= 11 is 0. The van der Waals surface area contributed by atoms with Gasteiger partial charge in [-0.2, -0.15) is 0 Å². The highest BCUT2D eigenvalue weighted by Gasteiger charge is 2.51. The second-order valence-electron chi connectivity index (χ2n) is 8.62. The van der Waals surface area contributed by atoms with Crippen LogP contribution in [0.4, 0.5) is 0 Å². The smallest absolute Gasteiger partial charge is 0.494 e. The SMILES string of the molecule is COc1ccc(B2OC(C)(C)C(C)(C)O2)cc1COC1CCCC(OC)C1. The molecule has 1 saturated heterocycles. The van der Waals surface area contributed by atoms with E-state index in [1.165, 1.54) is 0 Å². The summed E-state index contributed by atoms with van der Waals surface area (Å²) in [6.07, 6.45) is 4.84. The first-order valence-electron chi connectivity index (χ1n) is 9.92. The number of ether oxygens (including phenoxy) is 3. The molecular weight excluding hydrogens is 343 g/mol. The molecule has 0 N–H and O–H groups in total. The van der Waals surface area contributed by atoms with Crippen molar-refractivity contribution in [3.8, 4) is 5.75 Å². The van der Waals surface area contributed by atoms with Crippen LogP contribution in [0.1, 0.15) is 58.9 Å². The summed E-state index contributed by atoms with van der Waals surface area (Å²) in [5.41, 5.74) is 1.30. The van der Waals surface area contributed by atoms with E-state index in [9.17, 15) is 0 Å². The maximum atomic E-state index is 6.20. The monoisotopic (exact) mass is 376 g/mol. The number of methoxy groups -OCH3 is 2. The third-order valence-electron chi connectivity index (χ3n) is 6.22. The van der Waals surface area contributed by atoms with Gasteiger partial charge in [0.05, 0.1) is 37.1 Å². The normalized spacial score (nSPS) is 27.0. The average molecular weight is 376 g/mol. The van der Waals surface area contributed by atoms with Crippen molar-refractivity contribution in [2.24, 2.45) is 0 Å². The summed E-state index contributed by atoms with van der Waals surface area (Å²) in [5.74, 6) is 0.828. The lowest BCUT2D eigenvalue weighted by Crippen LogP contribution is -2.41. The van der Waals surface area contributed by atoms with Gasteiger partial charge in [-0.25, -0.2) is 0 Å². The first-order chi connectivity index (χ1) is 12.8. The lowest BCUT2D eigenvalue weighted by atomic mass is 9.78. The van der Waals surface area contributed by atoms with Crippen molar-refractivity contribution in [3.63, 3.8) is 0 Å². The Labute approximate surface area is 163 Å². The summed E-state index contributed by atoms with van der Waals surface area (Å²) < 4.78 is 29.6. The van der Waals surface area contributed by atoms with Gasteiger partial charge in [0, 0.05) is 12.7 Å². The third kappa shape index (κ3) is 4.50. The van der Waals surface area contributed by atoms with Crippen molar-refractivity contribution in [1.29, 1.82) is 0 Å². The molecule has 1 aliphatic heterocycles. The zero-order valence-electron chi connectivity index (χ0n) is 17.5. The Bertz CT molecular complexity index is 629. The van der Waals surface area contributed by atoms with E-state index in [0.29, 0.717) is 12.7 Å². The van der Waals surface area contributed by atoms with Gasteiger partial charge in [0.15, 0.2) is 0 Å². The molecule has 1 aromatic carbocycles. The molecule has 2 atom stereocenters. The highest BCUT2D eigenvalue weighted by atomic mass is 16.7.